The summed E-state index contributed by atoms with van der Waals surface area (Å²) in [4.78, 5) is 11.5. The van der Waals surface area contributed by atoms with Crippen molar-refractivity contribution in [2.24, 2.45) is 5.14 Å². The zero-order valence-corrected chi connectivity index (χ0v) is 11.3. The summed E-state index contributed by atoms with van der Waals surface area (Å²) in [7, 11) is -3.81. The van der Waals surface area contributed by atoms with E-state index >= 15 is 0 Å². The van der Waals surface area contributed by atoms with Gasteiger partial charge in [-0.2, -0.15) is 0 Å². The van der Waals surface area contributed by atoms with Gasteiger partial charge < -0.3 is 15.7 Å². The maximum Gasteiger partial charge on any atom is 0.319 e. The molecule has 0 aliphatic heterocycles. The summed E-state index contributed by atoms with van der Waals surface area (Å²) < 4.78 is 22.3. The molecule has 0 aliphatic carbocycles. The molecule has 1 rings (SSSR count). The highest BCUT2D eigenvalue weighted by Gasteiger charge is 2.11. The number of primary sulfonamides is 1. The quantitative estimate of drug-likeness (QED) is 0.619. The van der Waals surface area contributed by atoms with E-state index < -0.39 is 16.1 Å². The highest BCUT2D eigenvalue weighted by atomic mass is 32.2. The van der Waals surface area contributed by atoms with E-state index in [1.54, 1.807) is 0 Å². The van der Waals surface area contributed by atoms with Crippen molar-refractivity contribution >= 4 is 21.7 Å². The third-order valence-corrected chi connectivity index (χ3v) is 3.38. The molecule has 8 heteroatoms. The van der Waals surface area contributed by atoms with Crippen molar-refractivity contribution in [1.82, 2.24) is 5.32 Å². The van der Waals surface area contributed by atoms with Crippen molar-refractivity contribution in [2.75, 3.05) is 11.9 Å². The number of carbonyl (C=O) groups excluding carboxylic acids is 1. The SMILES string of the molecule is CC[C@H](CO)NC(=O)Nc1cccc(S(N)(=O)=O)c1. The van der Waals surface area contributed by atoms with Crippen LogP contribution in [0.5, 0.6) is 0 Å². The maximum absolute atomic E-state index is 11.6. The third-order valence-electron chi connectivity index (χ3n) is 2.47. The number of urea groups is 1. The smallest absolute Gasteiger partial charge is 0.319 e. The van der Waals surface area contributed by atoms with Crippen molar-refractivity contribution < 1.29 is 18.3 Å². The Morgan fingerprint density at radius 2 is 2.16 bits per heavy atom. The van der Waals surface area contributed by atoms with Crippen LogP contribution >= 0.6 is 0 Å². The fourth-order valence-electron chi connectivity index (χ4n) is 1.38. The predicted molar refractivity (Wildman–Crippen MR) is 71.1 cm³/mol. The van der Waals surface area contributed by atoms with Gasteiger partial charge in [-0.15, -0.1) is 0 Å². The van der Waals surface area contributed by atoms with Crippen molar-refractivity contribution in [2.45, 2.75) is 24.3 Å². The second-order valence-corrected chi connectivity index (χ2v) is 5.52. The molecule has 5 N–H and O–H groups in total. The number of carbonyl (C=O) groups is 1. The Labute approximate surface area is 111 Å². The predicted octanol–water partition coefficient (Wildman–Crippen LogP) is 0.226. The van der Waals surface area contributed by atoms with Crippen molar-refractivity contribution in [3.8, 4) is 0 Å². The third kappa shape index (κ3) is 4.86. The zero-order valence-electron chi connectivity index (χ0n) is 10.5. The first-order valence-electron chi connectivity index (χ1n) is 5.68. The van der Waals surface area contributed by atoms with Gasteiger partial charge in [0.05, 0.1) is 17.5 Å². The average molecular weight is 287 g/mol. The van der Waals surface area contributed by atoms with E-state index in [-0.39, 0.29) is 17.5 Å². The molecule has 0 radical (unpaired) electrons. The lowest BCUT2D eigenvalue weighted by molar-refractivity contribution is 0.222. The summed E-state index contributed by atoms with van der Waals surface area (Å²) in [6, 6.07) is 4.73. The molecule has 1 aromatic rings. The Kier molecular flexibility index (Phi) is 5.28. The van der Waals surface area contributed by atoms with Gasteiger partial charge >= 0.3 is 6.03 Å². The number of aliphatic hydroxyl groups excluding tert-OH is 1. The molecule has 0 aliphatic rings. The Morgan fingerprint density at radius 1 is 1.47 bits per heavy atom. The van der Waals surface area contributed by atoms with Gasteiger partial charge in [0.25, 0.3) is 0 Å². The molecule has 0 spiro atoms. The van der Waals surface area contributed by atoms with Crippen LogP contribution in [0, 0.1) is 0 Å². The number of sulfonamides is 1. The number of hydrogen-bond donors (Lipinski definition) is 4. The Balaban J connectivity index is 2.75. The summed E-state index contributed by atoms with van der Waals surface area (Å²) in [6.07, 6.45) is 0.584. The van der Waals surface area contributed by atoms with E-state index in [0.29, 0.717) is 12.1 Å². The lowest BCUT2D eigenvalue weighted by atomic mass is 10.2. The van der Waals surface area contributed by atoms with Gasteiger partial charge in [0.1, 0.15) is 0 Å². The maximum atomic E-state index is 11.6. The summed E-state index contributed by atoms with van der Waals surface area (Å²) in [5.41, 5.74) is 0.303. The van der Waals surface area contributed by atoms with Crippen LogP contribution in [-0.2, 0) is 10.0 Å². The monoisotopic (exact) mass is 287 g/mol. The van der Waals surface area contributed by atoms with E-state index in [1.807, 2.05) is 6.92 Å². The molecule has 19 heavy (non-hydrogen) atoms. The van der Waals surface area contributed by atoms with Gasteiger partial charge in [-0.05, 0) is 24.6 Å². The Morgan fingerprint density at radius 3 is 2.68 bits per heavy atom. The van der Waals surface area contributed by atoms with Crippen molar-refractivity contribution in [3.63, 3.8) is 0 Å². The fourth-order valence-corrected chi connectivity index (χ4v) is 1.94. The molecule has 0 bridgehead atoms. The van der Waals surface area contributed by atoms with Crippen LogP contribution < -0.4 is 15.8 Å². The van der Waals surface area contributed by atoms with Crippen LogP contribution in [0.15, 0.2) is 29.2 Å². The normalized spacial score (nSPS) is 12.8. The van der Waals surface area contributed by atoms with Crippen molar-refractivity contribution in [3.05, 3.63) is 24.3 Å². The number of nitrogens with two attached hydrogens (primary N) is 1. The second kappa shape index (κ2) is 6.50. The van der Waals surface area contributed by atoms with Crippen LogP contribution in [0.25, 0.3) is 0 Å². The number of hydrogen-bond acceptors (Lipinski definition) is 4. The molecule has 7 nitrogen and oxygen atoms in total. The highest BCUT2D eigenvalue weighted by Crippen LogP contribution is 2.13. The van der Waals surface area contributed by atoms with E-state index in [4.69, 9.17) is 10.2 Å². The molecule has 0 aromatic heterocycles. The average Bonchev–Trinajstić information content (AvgIpc) is 2.35. The van der Waals surface area contributed by atoms with Crippen LogP contribution in [0.2, 0.25) is 0 Å². The van der Waals surface area contributed by atoms with Crippen LogP contribution in [0.3, 0.4) is 0 Å². The molecule has 2 amide bonds. The van der Waals surface area contributed by atoms with E-state index in [9.17, 15) is 13.2 Å². The second-order valence-electron chi connectivity index (χ2n) is 3.96. The molecule has 0 fully saturated rings. The molecular weight excluding hydrogens is 270 g/mol. The molecule has 0 heterocycles. The molecule has 106 valence electrons. The minimum atomic E-state index is -3.81. The van der Waals surface area contributed by atoms with Crippen LogP contribution in [0.4, 0.5) is 10.5 Å². The lowest BCUT2D eigenvalue weighted by Crippen LogP contribution is -2.39. The standard InChI is InChI=1S/C11H17N3O4S/c1-2-8(7-15)13-11(16)14-9-4-3-5-10(6-9)19(12,17)18/h3-6,8,15H,2,7H2,1H3,(H2,12,17,18)(H2,13,14,16)/t8-/m1/s1. The summed E-state index contributed by atoms with van der Waals surface area (Å²) in [5.74, 6) is 0. The number of rotatable bonds is 5. The first kappa shape index (κ1) is 15.4. The topological polar surface area (TPSA) is 122 Å². The van der Waals surface area contributed by atoms with Crippen molar-refractivity contribution in [1.29, 1.82) is 0 Å². The number of amides is 2. The van der Waals surface area contributed by atoms with Crippen LogP contribution in [0.1, 0.15) is 13.3 Å². The summed E-state index contributed by atoms with van der Waals surface area (Å²) in [6.45, 7) is 1.66. The van der Waals surface area contributed by atoms with Gasteiger partial charge in [-0.1, -0.05) is 13.0 Å². The number of aliphatic hydroxyl groups is 1. The largest absolute Gasteiger partial charge is 0.394 e. The highest BCUT2D eigenvalue weighted by molar-refractivity contribution is 7.89. The van der Waals surface area contributed by atoms with Gasteiger partial charge in [0.2, 0.25) is 10.0 Å². The van der Waals surface area contributed by atoms with E-state index in [1.165, 1.54) is 24.3 Å². The Hall–Kier alpha value is -1.64. The van der Waals surface area contributed by atoms with Gasteiger partial charge in [0.15, 0.2) is 0 Å². The molecule has 0 unspecified atom stereocenters. The summed E-state index contributed by atoms with van der Waals surface area (Å²) >= 11 is 0. The zero-order chi connectivity index (χ0) is 14.5. The van der Waals surface area contributed by atoms with Gasteiger partial charge in [-0.3, -0.25) is 0 Å². The van der Waals surface area contributed by atoms with E-state index in [2.05, 4.69) is 10.6 Å². The first-order chi connectivity index (χ1) is 8.86. The summed E-state index contributed by atoms with van der Waals surface area (Å²) in [5, 5.41) is 19.0. The Bertz CT molecular complexity index is 541. The molecule has 1 aromatic carbocycles. The van der Waals surface area contributed by atoms with Gasteiger partial charge in [0, 0.05) is 5.69 Å². The molecule has 0 saturated heterocycles. The molecular formula is C11H17N3O4S. The van der Waals surface area contributed by atoms with Gasteiger partial charge in [-0.25, -0.2) is 18.4 Å². The first-order valence-corrected chi connectivity index (χ1v) is 7.22. The number of anilines is 1. The number of benzene rings is 1. The van der Waals surface area contributed by atoms with E-state index in [0.717, 1.165) is 0 Å². The lowest BCUT2D eigenvalue weighted by Gasteiger charge is -2.14. The number of nitrogens with one attached hydrogen (secondary N) is 2. The van der Waals surface area contributed by atoms with Crippen LogP contribution in [-0.4, -0.2) is 32.2 Å². The fraction of sp³-hybridized carbons (Fsp3) is 0.364. The molecule has 1 atom stereocenters. The molecule has 0 saturated carbocycles. The minimum absolute atomic E-state index is 0.0838. The minimum Gasteiger partial charge on any atom is -0.394 e.